The fourth-order valence-corrected chi connectivity index (χ4v) is 2.57. The maximum absolute atomic E-state index is 11.9. The predicted molar refractivity (Wildman–Crippen MR) is 112 cm³/mol. The topological polar surface area (TPSA) is 69.2 Å². The van der Waals surface area contributed by atoms with E-state index in [9.17, 15) is 4.79 Å². The molecule has 0 aromatic heterocycles. The molecule has 1 N–H and O–H groups in total. The van der Waals surface area contributed by atoms with Gasteiger partial charge in [-0.15, -0.1) is 0 Å². The Labute approximate surface area is 170 Å². The second-order valence-corrected chi connectivity index (χ2v) is 6.44. The molecule has 0 spiro atoms. The van der Waals surface area contributed by atoms with Gasteiger partial charge in [0.2, 0.25) is 0 Å². The molecule has 0 heterocycles. The lowest BCUT2D eigenvalue weighted by molar-refractivity contribution is -0.120. The maximum Gasteiger partial charge on any atom is 0.265 e. The Morgan fingerprint density at radius 3 is 2.61 bits per heavy atom. The predicted octanol–water partition coefficient (Wildman–Crippen LogP) is 4.83. The number of ether oxygens (including phenoxy) is 2. The van der Waals surface area contributed by atoms with Crippen LogP contribution < -0.4 is 14.8 Å². The van der Waals surface area contributed by atoms with E-state index in [0.29, 0.717) is 41.0 Å². The number of carbonyl (C=O) groups excluding carboxylic acids is 1. The fourth-order valence-electron chi connectivity index (χ4n) is 2.30. The summed E-state index contributed by atoms with van der Waals surface area (Å²) in [7, 11) is 0. The summed E-state index contributed by atoms with van der Waals surface area (Å²) in [5.74, 6) is 0.764. The number of rotatable bonds is 10. The van der Waals surface area contributed by atoms with Crippen LogP contribution in [0.2, 0.25) is 5.02 Å². The summed E-state index contributed by atoms with van der Waals surface area (Å²) in [5.41, 5.74) is 2.50. The summed E-state index contributed by atoms with van der Waals surface area (Å²) in [6, 6.07) is 11.0. The van der Waals surface area contributed by atoms with Crippen LogP contribution in [0.1, 0.15) is 31.4 Å². The number of benzene rings is 2. The van der Waals surface area contributed by atoms with Gasteiger partial charge in [0, 0.05) is 11.3 Å². The minimum atomic E-state index is -0.294. The van der Waals surface area contributed by atoms with Crippen molar-refractivity contribution in [1.82, 2.24) is 0 Å². The van der Waals surface area contributed by atoms with Crippen molar-refractivity contribution in [2.75, 3.05) is 25.1 Å². The summed E-state index contributed by atoms with van der Waals surface area (Å²) in [6.45, 7) is 6.71. The molecule has 0 aliphatic heterocycles. The molecule has 2 aromatic rings. The highest BCUT2D eigenvalue weighted by Crippen LogP contribution is 2.36. The van der Waals surface area contributed by atoms with Gasteiger partial charge < -0.3 is 19.6 Å². The molecule has 0 fully saturated rings. The van der Waals surface area contributed by atoms with Gasteiger partial charge in [0.1, 0.15) is 0 Å². The number of oxime groups is 1. The quantitative estimate of drug-likeness (QED) is 0.455. The third-order valence-electron chi connectivity index (χ3n) is 3.59. The molecule has 0 atom stereocenters. The highest BCUT2D eigenvalue weighted by Gasteiger charge is 2.12. The number of halogens is 1. The van der Waals surface area contributed by atoms with E-state index in [0.717, 1.165) is 12.0 Å². The van der Waals surface area contributed by atoms with Gasteiger partial charge in [0.25, 0.3) is 5.91 Å². The number of anilines is 1. The van der Waals surface area contributed by atoms with Crippen LogP contribution in [0.25, 0.3) is 0 Å². The van der Waals surface area contributed by atoms with E-state index >= 15 is 0 Å². The molecule has 7 heteroatoms. The monoisotopic (exact) mass is 404 g/mol. The standard InChI is InChI=1S/C21H25ClN2O4/c1-4-10-27-21-18(22)11-16(12-19(21)26-5-2)13-23-28-14-20(25)24-17-8-6-15(3)7-9-17/h6-9,11-13H,4-5,10,14H2,1-3H3,(H,24,25). The van der Waals surface area contributed by atoms with E-state index in [1.165, 1.54) is 6.21 Å². The third kappa shape index (κ3) is 6.78. The van der Waals surface area contributed by atoms with Crippen molar-refractivity contribution in [2.45, 2.75) is 27.2 Å². The molecule has 0 aliphatic rings. The molecule has 2 rings (SSSR count). The summed E-state index contributed by atoms with van der Waals surface area (Å²) < 4.78 is 11.3. The first-order valence-electron chi connectivity index (χ1n) is 9.14. The van der Waals surface area contributed by atoms with Crippen LogP contribution in [-0.2, 0) is 9.63 Å². The first-order chi connectivity index (χ1) is 13.5. The Hall–Kier alpha value is -2.73. The Morgan fingerprint density at radius 2 is 1.93 bits per heavy atom. The lowest BCUT2D eigenvalue weighted by Crippen LogP contribution is -2.16. The van der Waals surface area contributed by atoms with E-state index in [2.05, 4.69) is 10.5 Å². The number of hydrogen-bond donors (Lipinski definition) is 1. The summed E-state index contributed by atoms with van der Waals surface area (Å²) in [4.78, 5) is 17.0. The van der Waals surface area contributed by atoms with Crippen molar-refractivity contribution in [1.29, 1.82) is 0 Å². The Bertz CT molecular complexity index is 807. The van der Waals surface area contributed by atoms with Gasteiger partial charge in [-0.1, -0.05) is 41.4 Å². The van der Waals surface area contributed by atoms with E-state index in [-0.39, 0.29) is 12.5 Å². The van der Waals surface area contributed by atoms with E-state index < -0.39 is 0 Å². The van der Waals surface area contributed by atoms with Crippen molar-refractivity contribution in [3.05, 3.63) is 52.5 Å². The van der Waals surface area contributed by atoms with E-state index in [4.69, 9.17) is 25.9 Å². The van der Waals surface area contributed by atoms with Crippen LogP contribution in [0, 0.1) is 6.92 Å². The molecule has 2 aromatic carbocycles. The van der Waals surface area contributed by atoms with Crippen LogP contribution >= 0.6 is 11.6 Å². The van der Waals surface area contributed by atoms with Crippen LogP contribution in [0.4, 0.5) is 5.69 Å². The van der Waals surface area contributed by atoms with E-state index in [1.54, 1.807) is 12.1 Å². The lowest BCUT2D eigenvalue weighted by atomic mass is 10.2. The normalized spacial score (nSPS) is 10.7. The van der Waals surface area contributed by atoms with Gasteiger partial charge in [0.05, 0.1) is 24.5 Å². The second-order valence-electron chi connectivity index (χ2n) is 6.03. The summed E-state index contributed by atoms with van der Waals surface area (Å²) in [6.07, 6.45) is 2.33. The zero-order valence-corrected chi connectivity index (χ0v) is 17.1. The third-order valence-corrected chi connectivity index (χ3v) is 3.87. The number of nitrogens with zero attached hydrogens (tertiary/aromatic N) is 1. The molecule has 0 bridgehead atoms. The van der Waals surface area contributed by atoms with E-state index in [1.807, 2.05) is 45.0 Å². The minimum Gasteiger partial charge on any atom is -0.490 e. The van der Waals surface area contributed by atoms with Crippen molar-refractivity contribution in [3.8, 4) is 11.5 Å². The summed E-state index contributed by atoms with van der Waals surface area (Å²) in [5, 5.41) is 6.99. The van der Waals surface area contributed by atoms with Crippen LogP contribution in [-0.4, -0.2) is 31.9 Å². The zero-order chi connectivity index (χ0) is 20.4. The lowest BCUT2D eigenvalue weighted by Gasteiger charge is -2.13. The average Bonchev–Trinajstić information content (AvgIpc) is 2.67. The number of hydrogen-bond acceptors (Lipinski definition) is 5. The Morgan fingerprint density at radius 1 is 1.18 bits per heavy atom. The van der Waals surface area contributed by atoms with Gasteiger partial charge in [-0.2, -0.15) is 0 Å². The van der Waals surface area contributed by atoms with Gasteiger partial charge in [-0.3, -0.25) is 4.79 Å². The Kier molecular flexibility index (Phi) is 8.62. The molecule has 150 valence electrons. The number of carbonyl (C=O) groups is 1. The van der Waals surface area contributed by atoms with Gasteiger partial charge in [-0.25, -0.2) is 0 Å². The van der Waals surface area contributed by atoms with Gasteiger partial charge >= 0.3 is 0 Å². The molecule has 28 heavy (non-hydrogen) atoms. The molecule has 1 amide bonds. The molecule has 6 nitrogen and oxygen atoms in total. The number of aryl methyl sites for hydroxylation is 1. The smallest absolute Gasteiger partial charge is 0.265 e. The second kappa shape index (κ2) is 11.2. The Balaban J connectivity index is 1.93. The highest BCUT2D eigenvalue weighted by molar-refractivity contribution is 6.32. The fraction of sp³-hybridized carbons (Fsp3) is 0.333. The van der Waals surface area contributed by atoms with Crippen molar-refractivity contribution in [3.63, 3.8) is 0 Å². The van der Waals surface area contributed by atoms with Crippen molar-refractivity contribution >= 4 is 29.4 Å². The summed E-state index contributed by atoms with van der Waals surface area (Å²) >= 11 is 6.30. The van der Waals surface area contributed by atoms with Crippen molar-refractivity contribution < 1.29 is 19.1 Å². The molecule has 0 radical (unpaired) electrons. The SMILES string of the molecule is CCCOc1c(Cl)cc(C=NOCC(=O)Nc2ccc(C)cc2)cc1OCC. The molecular formula is C21H25ClN2O4. The van der Waals surface area contributed by atoms with Crippen LogP contribution in [0.3, 0.4) is 0 Å². The highest BCUT2D eigenvalue weighted by atomic mass is 35.5. The number of amides is 1. The molecule has 0 saturated carbocycles. The van der Waals surface area contributed by atoms with Crippen LogP contribution in [0.15, 0.2) is 41.6 Å². The molecule has 0 unspecified atom stereocenters. The van der Waals surface area contributed by atoms with Gasteiger partial charge in [0.15, 0.2) is 18.1 Å². The van der Waals surface area contributed by atoms with Crippen LogP contribution in [0.5, 0.6) is 11.5 Å². The van der Waals surface area contributed by atoms with Gasteiger partial charge in [-0.05, 0) is 44.5 Å². The first kappa shape index (κ1) is 21.6. The maximum atomic E-state index is 11.9. The largest absolute Gasteiger partial charge is 0.490 e. The molecule has 0 saturated heterocycles. The van der Waals surface area contributed by atoms with Crippen molar-refractivity contribution in [2.24, 2.45) is 5.16 Å². The zero-order valence-electron chi connectivity index (χ0n) is 16.3. The minimum absolute atomic E-state index is 0.200. The molecular weight excluding hydrogens is 380 g/mol. The number of nitrogens with one attached hydrogen (secondary N) is 1. The first-order valence-corrected chi connectivity index (χ1v) is 9.52. The average molecular weight is 405 g/mol. The molecule has 0 aliphatic carbocycles.